The normalized spacial score (nSPS) is 9.81. The molecule has 0 amide bonds. The third-order valence-corrected chi connectivity index (χ3v) is 2.51. The highest BCUT2D eigenvalue weighted by Crippen LogP contribution is 2.10. The van der Waals surface area contributed by atoms with Gasteiger partial charge in [-0.2, -0.15) is 0 Å². The number of nitrogens with two attached hydrogens (primary N) is 1. The molecule has 0 aromatic rings. The summed E-state index contributed by atoms with van der Waals surface area (Å²) in [5.74, 6) is 0.333. The maximum atomic E-state index is 10.5. The Bertz CT molecular complexity index is 245. The molecule has 0 atom stereocenters. The minimum absolute atomic E-state index is 0.136. The molecule has 4 nitrogen and oxygen atoms in total. The quantitative estimate of drug-likeness (QED) is 0.339. The summed E-state index contributed by atoms with van der Waals surface area (Å²) in [5, 5.41) is 8.56. The van der Waals surface area contributed by atoms with Gasteiger partial charge in [0.25, 0.3) is 0 Å². The van der Waals surface area contributed by atoms with Gasteiger partial charge in [0.2, 0.25) is 0 Å². The van der Waals surface area contributed by atoms with Crippen LogP contribution in [0.25, 0.3) is 0 Å². The molecule has 0 aromatic carbocycles. The molecule has 0 saturated carbocycles. The molecule has 16 heavy (non-hydrogen) atoms. The molecule has 3 N–H and O–H groups in total. The van der Waals surface area contributed by atoms with E-state index in [1.807, 2.05) is 0 Å². The average Bonchev–Trinajstić information content (AvgIpc) is 2.26. The van der Waals surface area contributed by atoms with Gasteiger partial charge in [0.1, 0.15) is 11.5 Å². The maximum absolute atomic E-state index is 10.5. The third kappa shape index (κ3) is 8.21. The summed E-state index contributed by atoms with van der Waals surface area (Å²) in [4.78, 5) is 20.7. The van der Waals surface area contributed by atoms with Crippen molar-refractivity contribution in [2.75, 3.05) is 6.54 Å². The number of unbranched alkanes of at least 4 members (excludes halogenated alkanes) is 6. The zero-order chi connectivity index (χ0) is 12.2. The van der Waals surface area contributed by atoms with Gasteiger partial charge in [0.15, 0.2) is 0 Å². The Hall–Kier alpha value is -1.12. The number of carboxylic acids is 1. The van der Waals surface area contributed by atoms with Crippen molar-refractivity contribution in [3.8, 4) is 0 Å². The fraction of sp³-hybridized carbons (Fsp3) is 0.750. The Morgan fingerprint density at radius 1 is 1.00 bits per heavy atom. The summed E-state index contributed by atoms with van der Waals surface area (Å²) in [7, 11) is 0. The fourth-order valence-corrected chi connectivity index (χ4v) is 1.53. The summed E-state index contributed by atoms with van der Waals surface area (Å²) in [6, 6.07) is 0. The molecule has 92 valence electrons. The van der Waals surface area contributed by atoms with Crippen LogP contribution in [0.15, 0.2) is 5.57 Å². The third-order valence-electron chi connectivity index (χ3n) is 2.51. The lowest BCUT2D eigenvalue weighted by Gasteiger charge is -2.00. The first-order valence-corrected chi connectivity index (χ1v) is 5.89. The Labute approximate surface area is 96.5 Å². The van der Waals surface area contributed by atoms with Crippen molar-refractivity contribution in [2.45, 2.75) is 51.4 Å². The molecule has 4 heteroatoms. The molecule has 0 aliphatic rings. The van der Waals surface area contributed by atoms with Crippen LogP contribution >= 0.6 is 0 Å². The Morgan fingerprint density at radius 3 is 1.94 bits per heavy atom. The topological polar surface area (TPSA) is 80.4 Å². The summed E-state index contributed by atoms with van der Waals surface area (Å²) >= 11 is 0. The van der Waals surface area contributed by atoms with Gasteiger partial charge in [-0.25, -0.2) is 9.59 Å². The zero-order valence-corrected chi connectivity index (χ0v) is 9.71. The maximum Gasteiger partial charge on any atom is 0.342 e. The Kier molecular flexibility index (Phi) is 9.67. The van der Waals surface area contributed by atoms with E-state index in [1.165, 1.54) is 18.8 Å². The van der Waals surface area contributed by atoms with Crippen LogP contribution in [0.3, 0.4) is 0 Å². The minimum Gasteiger partial charge on any atom is -0.477 e. The summed E-state index contributed by atoms with van der Waals surface area (Å²) < 4.78 is 0. The molecule has 0 aromatic heterocycles. The van der Waals surface area contributed by atoms with Crippen molar-refractivity contribution in [2.24, 2.45) is 5.73 Å². The van der Waals surface area contributed by atoms with E-state index in [0.29, 0.717) is 6.42 Å². The number of hydrogen-bond acceptors (Lipinski definition) is 3. The summed E-state index contributed by atoms with van der Waals surface area (Å²) in [6.07, 6.45) is 7.76. The van der Waals surface area contributed by atoms with Gasteiger partial charge in [0, 0.05) is 0 Å². The second-order valence-corrected chi connectivity index (χ2v) is 3.90. The monoisotopic (exact) mass is 227 g/mol. The summed E-state index contributed by atoms with van der Waals surface area (Å²) in [6.45, 7) is 0.756. The zero-order valence-electron chi connectivity index (χ0n) is 9.71. The fourth-order valence-electron chi connectivity index (χ4n) is 1.53. The number of aliphatic carboxylic acids is 1. The molecule has 0 rings (SSSR count). The first kappa shape index (κ1) is 14.9. The average molecular weight is 227 g/mol. The van der Waals surface area contributed by atoms with E-state index in [9.17, 15) is 9.59 Å². The van der Waals surface area contributed by atoms with Crippen molar-refractivity contribution in [3.63, 3.8) is 0 Å². The van der Waals surface area contributed by atoms with Crippen molar-refractivity contribution < 1.29 is 14.7 Å². The lowest BCUT2D eigenvalue weighted by molar-refractivity contribution is -0.132. The molecule has 0 heterocycles. The van der Waals surface area contributed by atoms with Gasteiger partial charge in [0.05, 0.1) is 0 Å². The van der Waals surface area contributed by atoms with Gasteiger partial charge in [-0.15, -0.1) is 0 Å². The van der Waals surface area contributed by atoms with Gasteiger partial charge < -0.3 is 10.8 Å². The van der Waals surface area contributed by atoms with Gasteiger partial charge >= 0.3 is 5.97 Å². The van der Waals surface area contributed by atoms with Gasteiger partial charge in [-0.1, -0.05) is 32.1 Å². The molecule has 0 aliphatic carbocycles. The van der Waals surface area contributed by atoms with Crippen molar-refractivity contribution in [1.29, 1.82) is 0 Å². The molecule has 0 spiro atoms. The van der Waals surface area contributed by atoms with Gasteiger partial charge in [-0.3, -0.25) is 0 Å². The van der Waals surface area contributed by atoms with Crippen LogP contribution in [0.2, 0.25) is 0 Å². The second kappa shape index (κ2) is 10.4. The van der Waals surface area contributed by atoms with E-state index >= 15 is 0 Å². The minimum atomic E-state index is -1.14. The number of carbonyl (C=O) groups is 1. The first-order chi connectivity index (χ1) is 7.72. The van der Waals surface area contributed by atoms with Crippen LogP contribution in [-0.4, -0.2) is 23.6 Å². The number of rotatable bonds is 10. The lowest BCUT2D eigenvalue weighted by atomic mass is 10.1. The van der Waals surface area contributed by atoms with Crippen LogP contribution in [0.4, 0.5) is 0 Å². The predicted molar refractivity (Wildman–Crippen MR) is 62.8 cm³/mol. The predicted octanol–water partition coefficient (Wildman–Crippen LogP) is 1.91. The largest absolute Gasteiger partial charge is 0.477 e. The first-order valence-electron chi connectivity index (χ1n) is 5.89. The van der Waals surface area contributed by atoms with E-state index in [4.69, 9.17) is 10.8 Å². The molecular formula is C12H21NO3. The van der Waals surface area contributed by atoms with Crippen molar-refractivity contribution in [3.05, 3.63) is 5.57 Å². The van der Waals surface area contributed by atoms with Crippen LogP contribution in [0.1, 0.15) is 51.4 Å². The second-order valence-electron chi connectivity index (χ2n) is 3.90. The van der Waals surface area contributed by atoms with Crippen molar-refractivity contribution in [1.82, 2.24) is 0 Å². The van der Waals surface area contributed by atoms with E-state index in [0.717, 1.165) is 38.6 Å². The summed E-state index contributed by atoms with van der Waals surface area (Å²) in [5.41, 5.74) is 5.24. The smallest absolute Gasteiger partial charge is 0.342 e. The number of hydrogen-bond donors (Lipinski definition) is 2. The molecule has 0 unspecified atom stereocenters. The van der Waals surface area contributed by atoms with Crippen LogP contribution in [0.5, 0.6) is 0 Å². The molecule has 0 saturated heterocycles. The SMILES string of the molecule is NCCCCCCCCCC(=C=O)C(=O)O. The molecular weight excluding hydrogens is 206 g/mol. The molecule has 0 fully saturated rings. The highest BCUT2D eigenvalue weighted by Gasteiger charge is 2.07. The molecule has 0 radical (unpaired) electrons. The standard InChI is InChI=1S/C12H21NO3/c13-9-7-5-3-1-2-4-6-8-11(10-14)12(15)16/h1-9,13H2,(H,15,16). The van der Waals surface area contributed by atoms with Gasteiger partial charge in [-0.05, 0) is 25.8 Å². The highest BCUT2D eigenvalue weighted by atomic mass is 16.4. The van der Waals surface area contributed by atoms with E-state index in [2.05, 4.69) is 0 Å². The molecule has 0 aliphatic heterocycles. The lowest BCUT2D eigenvalue weighted by Crippen LogP contribution is -2.01. The number of carboxylic acid groups (broad SMARTS) is 1. The van der Waals surface area contributed by atoms with Crippen LogP contribution in [-0.2, 0) is 9.59 Å². The highest BCUT2D eigenvalue weighted by molar-refractivity contribution is 5.95. The van der Waals surface area contributed by atoms with E-state index < -0.39 is 5.97 Å². The number of carbonyl (C=O) groups excluding carboxylic acids is 1. The van der Waals surface area contributed by atoms with E-state index in [-0.39, 0.29) is 5.57 Å². The van der Waals surface area contributed by atoms with Crippen LogP contribution < -0.4 is 5.73 Å². The van der Waals surface area contributed by atoms with Crippen molar-refractivity contribution >= 4 is 11.9 Å². The Morgan fingerprint density at radius 2 is 1.50 bits per heavy atom. The van der Waals surface area contributed by atoms with E-state index in [1.54, 1.807) is 0 Å². The molecule has 0 bridgehead atoms. The van der Waals surface area contributed by atoms with Crippen LogP contribution in [0, 0.1) is 0 Å². The Balaban J connectivity index is 3.33.